The molecule has 144 valence electrons. The van der Waals surface area contributed by atoms with Crippen LogP contribution in [0, 0.1) is 0 Å². The molecule has 0 spiro atoms. The third-order valence-corrected chi connectivity index (χ3v) is 5.66. The highest BCUT2D eigenvalue weighted by atomic mass is 35.5. The highest BCUT2D eigenvalue weighted by Crippen LogP contribution is 2.39. The molecule has 1 aromatic heterocycles. The van der Waals surface area contributed by atoms with Crippen LogP contribution in [0.4, 0.5) is 5.69 Å². The van der Waals surface area contributed by atoms with E-state index in [2.05, 4.69) is 27.4 Å². The van der Waals surface area contributed by atoms with Crippen molar-refractivity contribution in [3.05, 3.63) is 59.1 Å². The summed E-state index contributed by atoms with van der Waals surface area (Å²) in [6.07, 6.45) is 3.14. The number of halogens is 1. The second-order valence-corrected chi connectivity index (χ2v) is 8.04. The normalized spacial score (nSPS) is 15.0. The van der Waals surface area contributed by atoms with Gasteiger partial charge in [0.05, 0.1) is 0 Å². The Bertz CT molecular complexity index is 951. The van der Waals surface area contributed by atoms with Crippen molar-refractivity contribution >= 4 is 29.1 Å². The number of para-hydroxylation sites is 1. The van der Waals surface area contributed by atoms with Gasteiger partial charge < -0.3 is 10.1 Å². The van der Waals surface area contributed by atoms with Gasteiger partial charge in [0.15, 0.2) is 11.9 Å². The SMILES string of the molecule is CCCCCSc1nnc2c(n1)O[C@H](c1ccc(Cl)cc1)Nc1ccccc1-2. The zero-order chi connectivity index (χ0) is 19.3. The lowest BCUT2D eigenvalue weighted by atomic mass is 10.1. The number of fused-ring (bicyclic) bond motifs is 3. The van der Waals surface area contributed by atoms with Gasteiger partial charge in [0.2, 0.25) is 11.0 Å². The molecule has 1 aliphatic rings. The summed E-state index contributed by atoms with van der Waals surface area (Å²) in [7, 11) is 0. The van der Waals surface area contributed by atoms with Crippen molar-refractivity contribution < 1.29 is 4.74 Å². The summed E-state index contributed by atoms with van der Waals surface area (Å²) in [5.74, 6) is 1.47. The van der Waals surface area contributed by atoms with Gasteiger partial charge in [-0.1, -0.05) is 73.5 Å². The van der Waals surface area contributed by atoms with E-state index in [9.17, 15) is 0 Å². The number of hydrogen-bond donors (Lipinski definition) is 1. The molecule has 0 amide bonds. The molecule has 0 saturated carbocycles. The Kier molecular flexibility index (Phi) is 5.98. The molecule has 7 heteroatoms. The van der Waals surface area contributed by atoms with E-state index in [1.165, 1.54) is 12.8 Å². The van der Waals surface area contributed by atoms with Crippen LogP contribution < -0.4 is 10.1 Å². The molecular formula is C21H21ClN4OS. The molecule has 0 aliphatic carbocycles. The number of rotatable bonds is 6. The molecule has 28 heavy (non-hydrogen) atoms. The molecule has 2 aromatic carbocycles. The van der Waals surface area contributed by atoms with E-state index < -0.39 is 6.23 Å². The molecule has 1 atom stereocenters. The monoisotopic (exact) mass is 412 g/mol. The molecule has 4 rings (SSSR count). The van der Waals surface area contributed by atoms with Gasteiger partial charge in [0, 0.05) is 27.6 Å². The Labute approximate surface area is 173 Å². The maximum Gasteiger partial charge on any atom is 0.247 e. The fourth-order valence-electron chi connectivity index (χ4n) is 3.01. The number of aromatic nitrogens is 3. The van der Waals surface area contributed by atoms with Crippen molar-refractivity contribution in [3.8, 4) is 17.1 Å². The largest absolute Gasteiger partial charge is 0.448 e. The minimum absolute atomic E-state index is 0.394. The second-order valence-electron chi connectivity index (χ2n) is 6.54. The van der Waals surface area contributed by atoms with Crippen molar-refractivity contribution in [1.82, 2.24) is 15.2 Å². The fraction of sp³-hybridized carbons (Fsp3) is 0.286. The van der Waals surface area contributed by atoms with Crippen LogP contribution in [0.25, 0.3) is 11.3 Å². The lowest BCUT2D eigenvalue weighted by molar-refractivity contribution is 0.225. The van der Waals surface area contributed by atoms with E-state index in [4.69, 9.17) is 16.3 Å². The Morgan fingerprint density at radius 2 is 1.89 bits per heavy atom. The zero-order valence-electron chi connectivity index (χ0n) is 15.6. The smallest absolute Gasteiger partial charge is 0.247 e. The van der Waals surface area contributed by atoms with Crippen molar-refractivity contribution in [2.24, 2.45) is 0 Å². The Morgan fingerprint density at radius 1 is 1.07 bits per heavy atom. The number of anilines is 1. The lowest BCUT2D eigenvalue weighted by Gasteiger charge is -2.19. The van der Waals surface area contributed by atoms with Crippen molar-refractivity contribution in [3.63, 3.8) is 0 Å². The van der Waals surface area contributed by atoms with E-state index in [-0.39, 0.29) is 0 Å². The maximum atomic E-state index is 6.25. The summed E-state index contributed by atoms with van der Waals surface area (Å²) in [6, 6.07) is 15.6. The quantitative estimate of drug-likeness (QED) is 0.397. The molecule has 3 aromatic rings. The first-order chi connectivity index (χ1) is 13.7. The first kappa shape index (κ1) is 19.0. The standard InChI is InChI=1S/C21H21ClN4OS/c1-2-3-6-13-28-21-24-20-18(25-26-21)16-7-4-5-8-17(16)23-19(27-20)14-9-11-15(22)12-10-14/h4-5,7-12,19,23H,2-3,6,13H2,1H3/t19-/m1/s1. The predicted molar refractivity (Wildman–Crippen MR) is 114 cm³/mol. The minimum atomic E-state index is -0.394. The minimum Gasteiger partial charge on any atom is -0.448 e. The van der Waals surface area contributed by atoms with Crippen molar-refractivity contribution in [1.29, 1.82) is 0 Å². The van der Waals surface area contributed by atoms with Crippen LogP contribution in [0.1, 0.15) is 38.0 Å². The molecule has 0 bridgehead atoms. The van der Waals surface area contributed by atoms with E-state index in [0.717, 1.165) is 29.0 Å². The van der Waals surface area contributed by atoms with Crippen LogP contribution in [-0.4, -0.2) is 20.9 Å². The number of benzene rings is 2. The van der Waals surface area contributed by atoms with Gasteiger partial charge >= 0.3 is 0 Å². The average molecular weight is 413 g/mol. The van der Waals surface area contributed by atoms with Gasteiger partial charge in [-0.2, -0.15) is 4.98 Å². The summed E-state index contributed by atoms with van der Waals surface area (Å²) < 4.78 is 6.25. The molecule has 0 saturated heterocycles. The van der Waals surface area contributed by atoms with Crippen LogP contribution in [0.15, 0.2) is 53.7 Å². The van der Waals surface area contributed by atoms with Crippen molar-refractivity contribution in [2.45, 2.75) is 37.6 Å². The topological polar surface area (TPSA) is 59.9 Å². The zero-order valence-corrected chi connectivity index (χ0v) is 17.1. The summed E-state index contributed by atoms with van der Waals surface area (Å²) >= 11 is 7.66. The maximum absolute atomic E-state index is 6.25. The van der Waals surface area contributed by atoms with Crippen molar-refractivity contribution in [2.75, 3.05) is 11.1 Å². The number of ether oxygens (including phenoxy) is 1. The van der Waals surface area contributed by atoms with E-state index >= 15 is 0 Å². The van der Waals surface area contributed by atoms with Crippen LogP contribution in [0.2, 0.25) is 5.02 Å². The Hall–Kier alpha value is -2.31. The predicted octanol–water partition coefficient (Wildman–Crippen LogP) is 5.98. The Morgan fingerprint density at radius 3 is 2.71 bits per heavy atom. The molecule has 1 N–H and O–H groups in total. The third-order valence-electron chi connectivity index (χ3n) is 4.49. The van der Waals surface area contributed by atoms with Crippen LogP contribution >= 0.6 is 23.4 Å². The van der Waals surface area contributed by atoms with E-state index in [1.807, 2.05) is 48.5 Å². The highest BCUT2D eigenvalue weighted by Gasteiger charge is 2.25. The van der Waals surface area contributed by atoms with Crippen LogP contribution in [-0.2, 0) is 0 Å². The first-order valence-corrected chi connectivity index (χ1v) is 10.8. The lowest BCUT2D eigenvalue weighted by Crippen LogP contribution is -2.17. The summed E-state index contributed by atoms with van der Waals surface area (Å²) in [4.78, 5) is 4.66. The summed E-state index contributed by atoms with van der Waals surface area (Å²) in [5.41, 5.74) is 3.47. The van der Waals surface area contributed by atoms with E-state index in [0.29, 0.717) is 21.8 Å². The summed E-state index contributed by atoms with van der Waals surface area (Å²) in [6.45, 7) is 2.19. The average Bonchev–Trinajstić information content (AvgIpc) is 2.88. The van der Waals surface area contributed by atoms with Gasteiger partial charge in [-0.15, -0.1) is 10.2 Å². The Balaban J connectivity index is 1.68. The molecule has 0 unspecified atom stereocenters. The number of nitrogens with one attached hydrogen (secondary N) is 1. The third kappa shape index (κ3) is 4.23. The van der Waals surface area contributed by atoms with Gasteiger partial charge in [-0.3, -0.25) is 0 Å². The molecule has 0 fully saturated rings. The number of nitrogens with zero attached hydrogens (tertiary/aromatic N) is 3. The van der Waals surface area contributed by atoms with Gasteiger partial charge in [0.1, 0.15) is 0 Å². The van der Waals surface area contributed by atoms with Crippen LogP contribution in [0.3, 0.4) is 0 Å². The fourth-order valence-corrected chi connectivity index (χ4v) is 3.92. The first-order valence-electron chi connectivity index (χ1n) is 9.40. The van der Waals surface area contributed by atoms with Crippen LogP contribution in [0.5, 0.6) is 5.88 Å². The second kappa shape index (κ2) is 8.80. The highest BCUT2D eigenvalue weighted by molar-refractivity contribution is 7.99. The van der Waals surface area contributed by atoms with Gasteiger partial charge in [-0.25, -0.2) is 0 Å². The summed E-state index contributed by atoms with van der Waals surface area (Å²) in [5, 5.41) is 13.5. The van der Waals surface area contributed by atoms with Gasteiger partial charge in [-0.05, 0) is 24.6 Å². The van der Waals surface area contributed by atoms with Gasteiger partial charge in [0.25, 0.3) is 0 Å². The molecule has 1 aliphatic heterocycles. The molecule has 0 radical (unpaired) electrons. The molecular weight excluding hydrogens is 392 g/mol. The van der Waals surface area contributed by atoms with E-state index in [1.54, 1.807) is 11.8 Å². The molecule has 2 heterocycles. The molecule has 5 nitrogen and oxygen atoms in total. The number of thioether (sulfide) groups is 1. The number of unbranched alkanes of at least 4 members (excludes halogenated alkanes) is 2. The number of hydrogen-bond acceptors (Lipinski definition) is 6.